The predicted octanol–water partition coefficient (Wildman–Crippen LogP) is 2.83. The van der Waals surface area contributed by atoms with Gasteiger partial charge in [0.15, 0.2) is 0 Å². The Hall–Kier alpha value is -1.55. The molecule has 2 rings (SSSR count). The van der Waals surface area contributed by atoms with Crippen molar-refractivity contribution in [3.63, 3.8) is 0 Å². The number of thiazole rings is 1. The van der Waals surface area contributed by atoms with E-state index in [2.05, 4.69) is 4.98 Å². The molecule has 1 aromatic carbocycles. The molecule has 0 amide bonds. The number of benzene rings is 1. The molecule has 72 valence electrons. The van der Waals surface area contributed by atoms with Crippen molar-refractivity contribution in [1.82, 2.24) is 4.98 Å². The Labute approximate surface area is 86.2 Å². The third-order valence-electron chi connectivity index (χ3n) is 1.68. The molecule has 0 aliphatic rings. The zero-order chi connectivity index (χ0) is 9.97. The maximum Gasteiger partial charge on any atom is 0.278 e. The smallest absolute Gasteiger partial charge is 0.278 e. The largest absolute Gasteiger partial charge is 0.431 e. The average Bonchev–Trinajstić information content (AvgIpc) is 2.56. The Bertz CT molecular complexity index is 422. The summed E-state index contributed by atoms with van der Waals surface area (Å²) < 4.78 is 5.51. The highest BCUT2D eigenvalue weighted by Crippen LogP contribution is 2.25. The van der Waals surface area contributed by atoms with Gasteiger partial charge in [-0.25, -0.2) is 4.98 Å². The van der Waals surface area contributed by atoms with Crippen molar-refractivity contribution in [2.24, 2.45) is 0 Å². The molecule has 0 aliphatic carbocycles. The predicted molar refractivity (Wildman–Crippen MR) is 57.8 cm³/mol. The van der Waals surface area contributed by atoms with E-state index in [1.807, 2.05) is 24.4 Å². The van der Waals surface area contributed by atoms with Crippen LogP contribution in [0, 0.1) is 6.92 Å². The van der Waals surface area contributed by atoms with Crippen LogP contribution in [0.15, 0.2) is 29.6 Å². The zero-order valence-electron chi connectivity index (χ0n) is 7.73. The van der Waals surface area contributed by atoms with E-state index in [1.165, 1.54) is 11.3 Å². The van der Waals surface area contributed by atoms with Crippen LogP contribution in [0.4, 0.5) is 5.69 Å². The van der Waals surface area contributed by atoms with Crippen LogP contribution in [-0.4, -0.2) is 4.98 Å². The molecule has 2 aromatic rings. The molecule has 4 heteroatoms. The van der Waals surface area contributed by atoms with Crippen molar-refractivity contribution >= 4 is 17.0 Å². The van der Waals surface area contributed by atoms with Crippen molar-refractivity contribution in [1.29, 1.82) is 0 Å². The lowest BCUT2D eigenvalue weighted by atomic mass is 10.3. The molecule has 0 fully saturated rings. The van der Waals surface area contributed by atoms with Gasteiger partial charge in [-0.05, 0) is 31.2 Å². The summed E-state index contributed by atoms with van der Waals surface area (Å²) in [5.41, 5.74) is 7.26. The van der Waals surface area contributed by atoms with Crippen LogP contribution in [0.2, 0.25) is 0 Å². The summed E-state index contributed by atoms with van der Waals surface area (Å²) >= 11 is 1.48. The Morgan fingerprint density at radius 3 is 2.57 bits per heavy atom. The molecule has 0 aliphatic heterocycles. The van der Waals surface area contributed by atoms with Crippen molar-refractivity contribution < 1.29 is 4.74 Å². The van der Waals surface area contributed by atoms with Crippen LogP contribution in [-0.2, 0) is 0 Å². The molecule has 0 atom stereocenters. The maximum atomic E-state index is 5.56. The number of rotatable bonds is 2. The lowest BCUT2D eigenvalue weighted by molar-refractivity contribution is 0.478. The second-order valence-corrected chi connectivity index (χ2v) is 3.75. The molecule has 14 heavy (non-hydrogen) atoms. The van der Waals surface area contributed by atoms with Gasteiger partial charge in [-0.2, -0.15) is 0 Å². The lowest BCUT2D eigenvalue weighted by Crippen LogP contribution is -1.86. The molecule has 1 aromatic heterocycles. The fourth-order valence-corrected chi connectivity index (χ4v) is 1.68. The number of hydrogen-bond donors (Lipinski definition) is 1. The summed E-state index contributed by atoms with van der Waals surface area (Å²) in [5, 5.41) is 2.61. The van der Waals surface area contributed by atoms with Gasteiger partial charge in [-0.1, -0.05) is 11.3 Å². The number of ether oxygens (including phenoxy) is 1. The first kappa shape index (κ1) is 9.02. The molecule has 2 N–H and O–H groups in total. The van der Waals surface area contributed by atoms with Gasteiger partial charge in [-0.3, -0.25) is 0 Å². The van der Waals surface area contributed by atoms with E-state index in [1.54, 1.807) is 12.1 Å². The van der Waals surface area contributed by atoms with Gasteiger partial charge in [0, 0.05) is 11.1 Å². The molecule has 0 unspecified atom stereocenters. The Balaban J connectivity index is 2.15. The van der Waals surface area contributed by atoms with Gasteiger partial charge < -0.3 is 10.5 Å². The number of anilines is 1. The van der Waals surface area contributed by atoms with E-state index < -0.39 is 0 Å². The monoisotopic (exact) mass is 206 g/mol. The normalized spacial score (nSPS) is 10.1. The first-order valence-electron chi connectivity index (χ1n) is 4.19. The summed E-state index contributed by atoms with van der Waals surface area (Å²) in [6.45, 7) is 1.94. The van der Waals surface area contributed by atoms with Gasteiger partial charge in [0.1, 0.15) is 5.75 Å². The molecule has 1 heterocycles. The third-order valence-corrected chi connectivity index (χ3v) is 2.52. The highest BCUT2D eigenvalue weighted by molar-refractivity contribution is 7.11. The van der Waals surface area contributed by atoms with Crippen LogP contribution in [0.25, 0.3) is 0 Å². The molecule has 0 saturated carbocycles. The van der Waals surface area contributed by atoms with Crippen LogP contribution in [0.5, 0.6) is 10.9 Å². The number of aromatic nitrogens is 1. The molecule has 0 bridgehead atoms. The number of nitrogen functional groups attached to an aromatic ring is 1. The average molecular weight is 206 g/mol. The topological polar surface area (TPSA) is 48.1 Å². The SMILES string of the molecule is Cc1csc(Oc2ccc(N)cc2)n1. The van der Waals surface area contributed by atoms with Gasteiger partial charge in [-0.15, -0.1) is 0 Å². The molecular formula is C10H10N2OS. The number of hydrogen-bond acceptors (Lipinski definition) is 4. The highest BCUT2D eigenvalue weighted by Gasteiger charge is 2.00. The summed E-state index contributed by atoms with van der Waals surface area (Å²) in [4.78, 5) is 4.19. The number of nitrogens with two attached hydrogens (primary N) is 1. The number of aryl methyl sites for hydroxylation is 1. The minimum atomic E-state index is 0.660. The van der Waals surface area contributed by atoms with Crippen molar-refractivity contribution in [3.05, 3.63) is 35.3 Å². The summed E-state index contributed by atoms with van der Waals surface area (Å²) in [6.07, 6.45) is 0. The van der Waals surface area contributed by atoms with Crippen molar-refractivity contribution in [2.75, 3.05) is 5.73 Å². The van der Waals surface area contributed by atoms with E-state index in [0.717, 1.165) is 17.1 Å². The first-order valence-corrected chi connectivity index (χ1v) is 5.07. The van der Waals surface area contributed by atoms with Crippen LogP contribution >= 0.6 is 11.3 Å². The van der Waals surface area contributed by atoms with Crippen LogP contribution < -0.4 is 10.5 Å². The quantitative estimate of drug-likeness (QED) is 0.768. The van der Waals surface area contributed by atoms with Crippen molar-refractivity contribution in [2.45, 2.75) is 6.92 Å². The van der Waals surface area contributed by atoms with E-state index in [0.29, 0.717) is 5.19 Å². The summed E-state index contributed by atoms with van der Waals surface area (Å²) in [5.74, 6) is 0.758. The summed E-state index contributed by atoms with van der Waals surface area (Å²) in [6, 6.07) is 7.25. The minimum absolute atomic E-state index is 0.660. The fraction of sp³-hybridized carbons (Fsp3) is 0.100. The Morgan fingerprint density at radius 1 is 1.29 bits per heavy atom. The van der Waals surface area contributed by atoms with E-state index >= 15 is 0 Å². The number of nitrogens with zero attached hydrogens (tertiary/aromatic N) is 1. The lowest BCUT2D eigenvalue weighted by Gasteiger charge is -2.00. The molecular weight excluding hydrogens is 196 g/mol. The van der Waals surface area contributed by atoms with Crippen molar-refractivity contribution in [3.8, 4) is 10.9 Å². The second kappa shape index (κ2) is 3.67. The van der Waals surface area contributed by atoms with Gasteiger partial charge in [0.25, 0.3) is 5.19 Å². The first-order chi connectivity index (χ1) is 6.74. The maximum absolute atomic E-state index is 5.56. The fourth-order valence-electron chi connectivity index (χ4n) is 1.02. The van der Waals surface area contributed by atoms with E-state index in [4.69, 9.17) is 10.5 Å². The summed E-state index contributed by atoms with van der Waals surface area (Å²) in [7, 11) is 0. The standard InChI is InChI=1S/C10H10N2OS/c1-7-6-14-10(12-7)13-9-4-2-8(11)3-5-9/h2-6H,11H2,1H3. The molecule has 3 nitrogen and oxygen atoms in total. The Kier molecular flexibility index (Phi) is 2.37. The van der Waals surface area contributed by atoms with Gasteiger partial charge in [0.2, 0.25) is 0 Å². The Morgan fingerprint density at radius 2 is 2.00 bits per heavy atom. The van der Waals surface area contributed by atoms with E-state index in [9.17, 15) is 0 Å². The second-order valence-electron chi connectivity index (χ2n) is 2.93. The molecule has 0 saturated heterocycles. The minimum Gasteiger partial charge on any atom is -0.431 e. The van der Waals surface area contributed by atoms with Crippen LogP contribution in [0.1, 0.15) is 5.69 Å². The van der Waals surface area contributed by atoms with Crippen LogP contribution in [0.3, 0.4) is 0 Å². The van der Waals surface area contributed by atoms with E-state index in [-0.39, 0.29) is 0 Å². The highest BCUT2D eigenvalue weighted by atomic mass is 32.1. The third kappa shape index (κ3) is 2.03. The van der Waals surface area contributed by atoms with Gasteiger partial charge in [0.05, 0.1) is 5.69 Å². The molecule has 0 spiro atoms. The van der Waals surface area contributed by atoms with Gasteiger partial charge >= 0.3 is 0 Å². The molecule has 0 radical (unpaired) electrons. The zero-order valence-corrected chi connectivity index (χ0v) is 8.54.